The SMILES string of the molecule is CN1C(c2ccc(F)cn2)c2ccc3cccnc3c2NS1(=O)=O. The van der Waals surface area contributed by atoms with Gasteiger partial charge in [-0.15, -0.1) is 0 Å². The fourth-order valence-corrected chi connectivity index (χ4v) is 4.04. The second-order valence-corrected chi connectivity index (χ2v) is 7.26. The van der Waals surface area contributed by atoms with Crippen molar-refractivity contribution in [3.05, 3.63) is 65.9 Å². The van der Waals surface area contributed by atoms with Crippen LogP contribution in [0.4, 0.5) is 10.1 Å². The molecule has 2 aromatic heterocycles. The van der Waals surface area contributed by atoms with Gasteiger partial charge in [0.05, 0.1) is 29.1 Å². The fourth-order valence-electron chi connectivity index (χ4n) is 2.93. The summed E-state index contributed by atoms with van der Waals surface area (Å²) in [5.41, 5.74) is 2.17. The van der Waals surface area contributed by atoms with Crippen LogP contribution in [0.25, 0.3) is 10.9 Å². The Morgan fingerprint density at radius 2 is 2.00 bits per heavy atom. The van der Waals surface area contributed by atoms with Crippen molar-refractivity contribution in [1.82, 2.24) is 14.3 Å². The Kier molecular flexibility index (Phi) is 3.26. The van der Waals surface area contributed by atoms with Crippen molar-refractivity contribution < 1.29 is 12.8 Å². The van der Waals surface area contributed by atoms with E-state index in [1.165, 1.54) is 23.5 Å². The Hall–Kier alpha value is -2.58. The minimum Gasteiger partial charge on any atom is -0.268 e. The van der Waals surface area contributed by atoms with Gasteiger partial charge in [0.25, 0.3) is 0 Å². The molecule has 1 aliphatic heterocycles. The lowest BCUT2D eigenvalue weighted by Gasteiger charge is -2.34. The number of hydrogen-bond donors (Lipinski definition) is 1. The molecular weight excluding hydrogens is 331 g/mol. The molecule has 0 fully saturated rings. The normalized spacial score (nSPS) is 19.7. The van der Waals surface area contributed by atoms with Crippen molar-refractivity contribution in [2.75, 3.05) is 11.8 Å². The molecule has 3 heterocycles. The minimum atomic E-state index is -3.76. The molecule has 8 heteroatoms. The maximum atomic E-state index is 13.2. The van der Waals surface area contributed by atoms with E-state index in [2.05, 4.69) is 14.7 Å². The van der Waals surface area contributed by atoms with Crippen LogP contribution in [0.15, 0.2) is 48.8 Å². The number of aromatic nitrogens is 2. The van der Waals surface area contributed by atoms with E-state index in [9.17, 15) is 12.8 Å². The quantitative estimate of drug-likeness (QED) is 0.736. The standard InChI is InChI=1S/C16H13FN4O2S/c1-21-16(13-7-5-11(17)9-19-13)12-6-4-10-3-2-8-18-14(10)15(12)20-24(21,22)23/h2-9,16,20H,1H3. The van der Waals surface area contributed by atoms with E-state index in [1.54, 1.807) is 12.3 Å². The monoisotopic (exact) mass is 344 g/mol. The molecule has 24 heavy (non-hydrogen) atoms. The van der Waals surface area contributed by atoms with E-state index in [1.807, 2.05) is 18.2 Å². The van der Waals surface area contributed by atoms with Crippen LogP contribution in [-0.2, 0) is 10.2 Å². The highest BCUT2D eigenvalue weighted by Crippen LogP contribution is 2.41. The van der Waals surface area contributed by atoms with Crippen LogP contribution in [-0.4, -0.2) is 29.7 Å². The number of nitrogens with one attached hydrogen (secondary N) is 1. The van der Waals surface area contributed by atoms with Crippen LogP contribution in [0.1, 0.15) is 17.3 Å². The van der Waals surface area contributed by atoms with E-state index in [0.29, 0.717) is 16.9 Å². The molecule has 0 saturated carbocycles. The van der Waals surface area contributed by atoms with Gasteiger partial charge in [-0.05, 0) is 18.2 Å². The zero-order valence-corrected chi connectivity index (χ0v) is 13.5. The first kappa shape index (κ1) is 15.0. The number of rotatable bonds is 1. The van der Waals surface area contributed by atoms with Crippen molar-refractivity contribution in [3.63, 3.8) is 0 Å². The van der Waals surface area contributed by atoms with Crippen molar-refractivity contribution in [2.45, 2.75) is 6.04 Å². The van der Waals surface area contributed by atoms with Crippen LogP contribution in [0.3, 0.4) is 0 Å². The number of fused-ring (bicyclic) bond motifs is 3. The Labute approximate surface area is 138 Å². The summed E-state index contributed by atoms with van der Waals surface area (Å²) in [5, 5.41) is 0.828. The van der Waals surface area contributed by atoms with E-state index < -0.39 is 22.1 Å². The second kappa shape index (κ2) is 5.22. The molecule has 0 radical (unpaired) electrons. The third-order valence-electron chi connectivity index (χ3n) is 4.11. The molecule has 1 atom stereocenters. The van der Waals surface area contributed by atoms with Gasteiger partial charge in [0, 0.05) is 24.2 Å². The number of pyridine rings is 2. The van der Waals surface area contributed by atoms with E-state index >= 15 is 0 Å². The van der Waals surface area contributed by atoms with Gasteiger partial charge in [-0.25, -0.2) is 4.39 Å². The summed E-state index contributed by atoms with van der Waals surface area (Å²) in [4.78, 5) is 8.37. The predicted octanol–water partition coefficient (Wildman–Crippen LogP) is 2.46. The Morgan fingerprint density at radius 3 is 2.75 bits per heavy atom. The smallest absolute Gasteiger partial charge is 0.268 e. The van der Waals surface area contributed by atoms with Gasteiger partial charge in [0.1, 0.15) is 5.82 Å². The third-order valence-corrected chi connectivity index (χ3v) is 5.54. The van der Waals surface area contributed by atoms with Crippen molar-refractivity contribution in [1.29, 1.82) is 0 Å². The Balaban J connectivity index is 2.01. The van der Waals surface area contributed by atoms with E-state index in [-0.39, 0.29) is 0 Å². The molecule has 122 valence electrons. The number of nitrogens with zero attached hydrogens (tertiary/aromatic N) is 3. The first-order valence-corrected chi connectivity index (χ1v) is 8.66. The largest absolute Gasteiger partial charge is 0.302 e. The zero-order chi connectivity index (χ0) is 16.9. The Bertz CT molecular complexity index is 1040. The highest BCUT2D eigenvalue weighted by Gasteiger charge is 2.37. The van der Waals surface area contributed by atoms with Crippen LogP contribution in [0.5, 0.6) is 0 Å². The van der Waals surface area contributed by atoms with E-state index in [0.717, 1.165) is 17.1 Å². The highest BCUT2D eigenvalue weighted by molar-refractivity contribution is 7.90. The molecule has 4 rings (SSSR count). The average molecular weight is 344 g/mol. The van der Waals surface area contributed by atoms with Crippen LogP contribution >= 0.6 is 0 Å². The maximum Gasteiger partial charge on any atom is 0.302 e. The number of anilines is 1. The number of benzene rings is 1. The third kappa shape index (κ3) is 2.22. The van der Waals surface area contributed by atoms with Gasteiger partial charge in [-0.2, -0.15) is 12.7 Å². The summed E-state index contributed by atoms with van der Waals surface area (Å²) in [6, 6.07) is 9.47. The number of halogens is 1. The summed E-state index contributed by atoms with van der Waals surface area (Å²) >= 11 is 0. The molecule has 0 amide bonds. The molecule has 0 aliphatic carbocycles. The van der Waals surface area contributed by atoms with Crippen molar-refractivity contribution >= 4 is 26.8 Å². The molecule has 1 N–H and O–H groups in total. The molecule has 1 unspecified atom stereocenters. The molecule has 0 bridgehead atoms. The van der Waals surface area contributed by atoms with Gasteiger partial charge < -0.3 is 0 Å². The topological polar surface area (TPSA) is 75.2 Å². The summed E-state index contributed by atoms with van der Waals surface area (Å²) in [6.07, 6.45) is 2.69. The lowest BCUT2D eigenvalue weighted by molar-refractivity contribution is 0.409. The van der Waals surface area contributed by atoms with Crippen molar-refractivity contribution in [2.24, 2.45) is 0 Å². The van der Waals surface area contributed by atoms with Crippen LogP contribution in [0.2, 0.25) is 0 Å². The Morgan fingerprint density at radius 1 is 1.17 bits per heavy atom. The van der Waals surface area contributed by atoms with Gasteiger partial charge in [-0.3, -0.25) is 14.7 Å². The van der Waals surface area contributed by atoms with Crippen LogP contribution < -0.4 is 4.72 Å². The molecule has 0 saturated heterocycles. The zero-order valence-electron chi connectivity index (χ0n) is 12.6. The van der Waals surface area contributed by atoms with Gasteiger partial charge in [-0.1, -0.05) is 18.2 Å². The molecular formula is C16H13FN4O2S. The predicted molar refractivity (Wildman–Crippen MR) is 88.1 cm³/mol. The summed E-state index contributed by atoms with van der Waals surface area (Å²) in [5.74, 6) is -0.474. The first-order valence-electron chi connectivity index (χ1n) is 7.22. The molecule has 1 aliphatic rings. The first-order chi connectivity index (χ1) is 11.5. The summed E-state index contributed by atoms with van der Waals surface area (Å²) < 4.78 is 42.0. The minimum absolute atomic E-state index is 0.433. The summed E-state index contributed by atoms with van der Waals surface area (Å²) in [6.45, 7) is 0. The second-order valence-electron chi connectivity index (χ2n) is 5.53. The lowest BCUT2D eigenvalue weighted by Crippen LogP contribution is -2.41. The maximum absolute atomic E-state index is 13.2. The van der Waals surface area contributed by atoms with Gasteiger partial charge in [0.2, 0.25) is 0 Å². The highest BCUT2D eigenvalue weighted by atomic mass is 32.2. The van der Waals surface area contributed by atoms with Crippen LogP contribution in [0, 0.1) is 5.82 Å². The summed E-state index contributed by atoms with van der Waals surface area (Å²) in [7, 11) is -2.30. The molecule has 6 nitrogen and oxygen atoms in total. The molecule has 3 aromatic rings. The van der Waals surface area contributed by atoms with E-state index in [4.69, 9.17) is 0 Å². The average Bonchev–Trinajstić information content (AvgIpc) is 2.57. The number of hydrogen-bond acceptors (Lipinski definition) is 4. The van der Waals surface area contributed by atoms with Crippen molar-refractivity contribution in [3.8, 4) is 0 Å². The fraction of sp³-hybridized carbons (Fsp3) is 0.125. The van der Waals surface area contributed by atoms with Gasteiger partial charge in [0.15, 0.2) is 0 Å². The van der Waals surface area contributed by atoms with Gasteiger partial charge >= 0.3 is 10.2 Å². The molecule has 0 spiro atoms. The molecule has 1 aromatic carbocycles. The lowest BCUT2D eigenvalue weighted by atomic mass is 9.99.